The molecule has 0 aliphatic carbocycles. The molecule has 0 saturated carbocycles. The summed E-state index contributed by atoms with van der Waals surface area (Å²) in [6, 6.07) is 0. The fraction of sp³-hybridized carbons (Fsp3) is 0.571. The molecule has 0 fully saturated rings. The first-order valence-electron chi connectivity index (χ1n) is 3.49. The van der Waals surface area contributed by atoms with Crippen LogP contribution in [0.1, 0.15) is 26.2 Å². The van der Waals surface area contributed by atoms with E-state index in [1.165, 1.54) is 0 Å². The van der Waals surface area contributed by atoms with E-state index >= 15 is 0 Å². The Kier molecular flexibility index (Phi) is 2.31. The van der Waals surface area contributed by atoms with Crippen LogP contribution in [0.2, 0.25) is 0 Å². The van der Waals surface area contributed by atoms with Crippen LogP contribution in [-0.4, -0.2) is 5.91 Å². The second kappa shape index (κ2) is 3.25. The molecule has 0 bridgehead atoms. The number of azo groups is 1. The highest BCUT2D eigenvalue weighted by Gasteiger charge is 2.11. The summed E-state index contributed by atoms with van der Waals surface area (Å²) in [4.78, 5) is 10.8. The summed E-state index contributed by atoms with van der Waals surface area (Å²) in [6.07, 6.45) is 4.52. The molecule has 0 radical (unpaired) electrons. The summed E-state index contributed by atoms with van der Waals surface area (Å²) in [7, 11) is 0. The highest BCUT2D eigenvalue weighted by atomic mass is 16.2. The lowest BCUT2D eigenvalue weighted by Gasteiger charge is -1.93. The van der Waals surface area contributed by atoms with Crippen molar-refractivity contribution in [3.05, 3.63) is 11.8 Å². The lowest BCUT2D eigenvalue weighted by molar-refractivity contribution is -0.114. The van der Waals surface area contributed by atoms with E-state index in [1.54, 1.807) is 6.20 Å². The lowest BCUT2D eigenvalue weighted by atomic mass is 10.1. The van der Waals surface area contributed by atoms with Gasteiger partial charge >= 0.3 is 0 Å². The first-order chi connectivity index (χ1) is 4.84. The molecule has 1 amide bonds. The van der Waals surface area contributed by atoms with Crippen LogP contribution in [0.5, 0.6) is 0 Å². The van der Waals surface area contributed by atoms with Crippen molar-refractivity contribution in [1.82, 2.24) is 0 Å². The van der Waals surface area contributed by atoms with Gasteiger partial charge in [0.1, 0.15) is 0 Å². The number of nitrogens with zero attached hydrogens (tertiary/aromatic N) is 2. The van der Waals surface area contributed by atoms with Crippen LogP contribution in [0.4, 0.5) is 0 Å². The maximum absolute atomic E-state index is 10.8. The van der Waals surface area contributed by atoms with E-state index in [2.05, 4.69) is 17.2 Å². The van der Waals surface area contributed by atoms with Crippen molar-refractivity contribution >= 4 is 5.91 Å². The normalized spacial score (nSPS) is 16.1. The SMILES string of the molecule is CCCCC1=CN=NC1=O. The van der Waals surface area contributed by atoms with Gasteiger partial charge < -0.3 is 0 Å². The number of carbonyl (C=O) groups excluding carboxylic acids is 1. The van der Waals surface area contributed by atoms with Crippen molar-refractivity contribution in [2.24, 2.45) is 10.2 Å². The minimum atomic E-state index is -0.159. The van der Waals surface area contributed by atoms with Crippen molar-refractivity contribution < 1.29 is 4.79 Å². The highest BCUT2D eigenvalue weighted by molar-refractivity contribution is 5.95. The molecular weight excluding hydrogens is 128 g/mol. The van der Waals surface area contributed by atoms with Crippen LogP contribution in [-0.2, 0) is 4.79 Å². The fourth-order valence-electron chi connectivity index (χ4n) is 0.809. The number of hydrogen-bond acceptors (Lipinski definition) is 2. The van der Waals surface area contributed by atoms with E-state index in [4.69, 9.17) is 0 Å². The van der Waals surface area contributed by atoms with Crippen LogP contribution >= 0.6 is 0 Å². The Hall–Kier alpha value is -0.990. The highest BCUT2D eigenvalue weighted by Crippen LogP contribution is 2.13. The predicted molar refractivity (Wildman–Crippen MR) is 37.5 cm³/mol. The van der Waals surface area contributed by atoms with E-state index in [9.17, 15) is 4.79 Å². The third kappa shape index (κ3) is 1.50. The quantitative estimate of drug-likeness (QED) is 0.588. The monoisotopic (exact) mass is 138 g/mol. The van der Waals surface area contributed by atoms with Crippen molar-refractivity contribution in [1.29, 1.82) is 0 Å². The smallest absolute Gasteiger partial charge is 0.265 e. The summed E-state index contributed by atoms with van der Waals surface area (Å²) in [5, 5.41) is 6.88. The summed E-state index contributed by atoms with van der Waals surface area (Å²) in [5.74, 6) is -0.159. The molecular formula is C7H10N2O. The molecule has 3 nitrogen and oxygen atoms in total. The minimum Gasteiger partial charge on any atom is -0.265 e. The molecule has 0 unspecified atom stereocenters. The zero-order chi connectivity index (χ0) is 7.40. The van der Waals surface area contributed by atoms with Crippen molar-refractivity contribution in [3.63, 3.8) is 0 Å². The van der Waals surface area contributed by atoms with Gasteiger partial charge in [0.25, 0.3) is 5.91 Å². The van der Waals surface area contributed by atoms with Crippen LogP contribution in [0.25, 0.3) is 0 Å². The van der Waals surface area contributed by atoms with Gasteiger partial charge in [0.15, 0.2) is 0 Å². The summed E-state index contributed by atoms with van der Waals surface area (Å²) < 4.78 is 0. The molecule has 0 aromatic carbocycles. The Balaban J connectivity index is 2.37. The van der Waals surface area contributed by atoms with Gasteiger partial charge in [-0.1, -0.05) is 13.3 Å². The molecule has 1 aliphatic heterocycles. The molecule has 54 valence electrons. The molecule has 0 aromatic rings. The average molecular weight is 138 g/mol. The van der Waals surface area contributed by atoms with Gasteiger partial charge in [0.2, 0.25) is 0 Å². The average Bonchev–Trinajstić information content (AvgIpc) is 2.31. The minimum absolute atomic E-state index is 0.159. The molecule has 3 heteroatoms. The maximum atomic E-state index is 10.8. The molecule has 0 atom stereocenters. The number of unbranched alkanes of at least 4 members (excludes halogenated alkanes) is 1. The summed E-state index contributed by atoms with van der Waals surface area (Å²) >= 11 is 0. The molecule has 0 spiro atoms. The molecule has 10 heavy (non-hydrogen) atoms. The van der Waals surface area contributed by atoms with E-state index in [1.807, 2.05) is 0 Å². The van der Waals surface area contributed by atoms with Gasteiger partial charge in [-0.3, -0.25) is 4.79 Å². The summed E-state index contributed by atoms with van der Waals surface area (Å²) in [6.45, 7) is 2.09. The predicted octanol–water partition coefficient (Wildman–Crippen LogP) is 2.05. The fourth-order valence-corrected chi connectivity index (χ4v) is 0.809. The first kappa shape index (κ1) is 7.12. The second-order valence-corrected chi connectivity index (χ2v) is 2.28. The van der Waals surface area contributed by atoms with Gasteiger partial charge in [0, 0.05) is 5.57 Å². The maximum Gasteiger partial charge on any atom is 0.292 e. The first-order valence-corrected chi connectivity index (χ1v) is 3.49. The van der Waals surface area contributed by atoms with Gasteiger partial charge in [0.05, 0.1) is 6.20 Å². The van der Waals surface area contributed by atoms with Crippen LogP contribution in [0.15, 0.2) is 22.0 Å². The number of rotatable bonds is 3. The molecule has 1 heterocycles. The Bertz CT molecular complexity index is 194. The Morgan fingerprint density at radius 2 is 2.40 bits per heavy atom. The van der Waals surface area contributed by atoms with Gasteiger partial charge in [-0.2, -0.15) is 5.11 Å². The van der Waals surface area contributed by atoms with Crippen LogP contribution < -0.4 is 0 Å². The molecule has 1 rings (SSSR count). The largest absolute Gasteiger partial charge is 0.292 e. The number of hydrogen-bond donors (Lipinski definition) is 0. The van der Waals surface area contributed by atoms with Gasteiger partial charge in [-0.05, 0) is 12.8 Å². The van der Waals surface area contributed by atoms with Gasteiger partial charge in [-0.25, -0.2) is 0 Å². The van der Waals surface area contributed by atoms with E-state index in [-0.39, 0.29) is 5.91 Å². The number of carbonyl (C=O) groups is 1. The van der Waals surface area contributed by atoms with Crippen LogP contribution in [0.3, 0.4) is 0 Å². The standard InChI is InChI=1S/C7H10N2O/c1-2-3-4-6-5-8-9-7(6)10/h5H,2-4H2,1H3. The second-order valence-electron chi connectivity index (χ2n) is 2.28. The molecule has 0 aromatic heterocycles. The van der Waals surface area contributed by atoms with E-state index < -0.39 is 0 Å². The zero-order valence-corrected chi connectivity index (χ0v) is 6.00. The summed E-state index contributed by atoms with van der Waals surface area (Å²) in [5.41, 5.74) is 0.752. The van der Waals surface area contributed by atoms with Crippen LogP contribution in [0, 0.1) is 0 Å². The molecule has 0 saturated heterocycles. The molecule has 1 aliphatic rings. The van der Waals surface area contributed by atoms with E-state index in [0.29, 0.717) is 0 Å². The topological polar surface area (TPSA) is 41.8 Å². The lowest BCUT2D eigenvalue weighted by Crippen LogP contribution is -1.93. The van der Waals surface area contributed by atoms with E-state index in [0.717, 1.165) is 24.8 Å². The number of amides is 1. The third-order valence-corrected chi connectivity index (χ3v) is 1.44. The van der Waals surface area contributed by atoms with Crippen molar-refractivity contribution in [3.8, 4) is 0 Å². The Morgan fingerprint density at radius 1 is 1.60 bits per heavy atom. The Morgan fingerprint density at radius 3 is 2.90 bits per heavy atom. The van der Waals surface area contributed by atoms with Crippen molar-refractivity contribution in [2.45, 2.75) is 26.2 Å². The van der Waals surface area contributed by atoms with Gasteiger partial charge in [-0.15, -0.1) is 5.11 Å². The molecule has 0 N–H and O–H groups in total. The van der Waals surface area contributed by atoms with Crippen molar-refractivity contribution in [2.75, 3.05) is 0 Å². The Labute approximate surface area is 59.8 Å². The zero-order valence-electron chi connectivity index (χ0n) is 6.00. The third-order valence-electron chi connectivity index (χ3n) is 1.44.